The molecule has 0 radical (unpaired) electrons. The number of nitrogens with zero attached hydrogens (tertiary/aromatic N) is 3. The van der Waals surface area contributed by atoms with Crippen LogP contribution in [0.5, 0.6) is 0 Å². The molecule has 0 fully saturated rings. The van der Waals surface area contributed by atoms with E-state index in [1.54, 1.807) is 6.20 Å². The van der Waals surface area contributed by atoms with Gasteiger partial charge in [0.2, 0.25) is 0 Å². The Balaban J connectivity index is 2.36. The van der Waals surface area contributed by atoms with E-state index in [9.17, 15) is 0 Å². The molecule has 78 valence electrons. The summed E-state index contributed by atoms with van der Waals surface area (Å²) in [4.78, 5) is 4.19. The Morgan fingerprint density at radius 2 is 1.94 bits per heavy atom. The van der Waals surface area contributed by atoms with Gasteiger partial charge in [0, 0.05) is 23.3 Å². The number of rotatable bonds is 1. The van der Waals surface area contributed by atoms with Gasteiger partial charge in [0.05, 0.1) is 11.7 Å². The summed E-state index contributed by atoms with van der Waals surface area (Å²) in [6.07, 6.45) is 3.60. The molecular weight excluding hydrogens is 220 g/mol. The lowest BCUT2D eigenvalue weighted by molar-refractivity contribution is 1.35. The average molecular weight is 228 g/mol. The minimum absolute atomic E-state index is 0.461. The van der Waals surface area contributed by atoms with Crippen LogP contribution in [0.15, 0.2) is 36.7 Å². The largest absolute Gasteiger partial charge is 0.381 e. The van der Waals surface area contributed by atoms with Gasteiger partial charge in [-0.05, 0) is 5.39 Å². The van der Waals surface area contributed by atoms with Crippen molar-refractivity contribution >= 4 is 28.3 Å². The molecule has 1 aromatic carbocycles. The maximum atomic E-state index is 5.77. The van der Waals surface area contributed by atoms with Gasteiger partial charge in [0.15, 0.2) is 5.82 Å². The Bertz CT molecular complexity index is 642. The van der Waals surface area contributed by atoms with E-state index in [1.807, 2.05) is 30.5 Å². The standard InChI is InChI=1S/C11H8N4S/c12-11-10(14-16-15-11)9-6-13-5-7-3-1-2-4-8(7)9/h1-6H,(H2,12,15). The fraction of sp³-hybridized carbons (Fsp3) is 0. The molecular formula is C11H8N4S. The van der Waals surface area contributed by atoms with E-state index in [1.165, 1.54) is 0 Å². The summed E-state index contributed by atoms with van der Waals surface area (Å²) in [6, 6.07) is 8.02. The second-order valence-electron chi connectivity index (χ2n) is 3.41. The third kappa shape index (κ3) is 1.33. The summed E-state index contributed by atoms with van der Waals surface area (Å²) < 4.78 is 8.18. The number of nitrogen functional groups attached to an aromatic ring is 1. The van der Waals surface area contributed by atoms with Gasteiger partial charge in [-0.1, -0.05) is 24.3 Å². The number of hydrogen-bond donors (Lipinski definition) is 1. The molecule has 3 aromatic rings. The van der Waals surface area contributed by atoms with Gasteiger partial charge in [0.25, 0.3) is 0 Å². The summed E-state index contributed by atoms with van der Waals surface area (Å²) in [5.41, 5.74) is 7.42. The van der Waals surface area contributed by atoms with Crippen molar-refractivity contribution in [2.45, 2.75) is 0 Å². The average Bonchev–Trinajstić information content (AvgIpc) is 2.75. The first-order valence-corrected chi connectivity index (χ1v) is 5.50. The molecule has 4 nitrogen and oxygen atoms in total. The van der Waals surface area contributed by atoms with Crippen molar-refractivity contribution in [1.29, 1.82) is 0 Å². The van der Waals surface area contributed by atoms with E-state index in [-0.39, 0.29) is 0 Å². The predicted octanol–water partition coefficient (Wildman–Crippen LogP) is 2.34. The number of nitrogens with two attached hydrogens (primary N) is 1. The van der Waals surface area contributed by atoms with Crippen LogP contribution in [0.2, 0.25) is 0 Å². The molecule has 0 unspecified atom stereocenters. The van der Waals surface area contributed by atoms with Crippen molar-refractivity contribution in [3.63, 3.8) is 0 Å². The molecule has 0 atom stereocenters. The van der Waals surface area contributed by atoms with Crippen LogP contribution in [-0.4, -0.2) is 13.7 Å². The van der Waals surface area contributed by atoms with Crippen molar-refractivity contribution in [3.8, 4) is 11.3 Å². The molecule has 0 saturated heterocycles. The second-order valence-corrected chi connectivity index (χ2v) is 3.93. The summed E-state index contributed by atoms with van der Waals surface area (Å²) in [5, 5.41) is 2.17. The summed E-state index contributed by atoms with van der Waals surface area (Å²) >= 11 is 1.12. The van der Waals surface area contributed by atoms with Gasteiger partial charge in [-0.15, -0.1) is 0 Å². The highest BCUT2D eigenvalue weighted by atomic mass is 32.1. The van der Waals surface area contributed by atoms with Crippen molar-refractivity contribution in [2.75, 3.05) is 5.73 Å². The predicted molar refractivity (Wildman–Crippen MR) is 65.1 cm³/mol. The molecule has 16 heavy (non-hydrogen) atoms. The monoisotopic (exact) mass is 228 g/mol. The maximum absolute atomic E-state index is 5.77. The highest BCUT2D eigenvalue weighted by molar-refractivity contribution is 6.99. The van der Waals surface area contributed by atoms with Crippen molar-refractivity contribution in [2.24, 2.45) is 0 Å². The third-order valence-corrected chi connectivity index (χ3v) is 2.98. The molecule has 0 spiro atoms. The fourth-order valence-corrected chi connectivity index (χ4v) is 2.18. The zero-order valence-corrected chi connectivity index (χ0v) is 9.11. The molecule has 2 heterocycles. The number of hydrogen-bond acceptors (Lipinski definition) is 5. The topological polar surface area (TPSA) is 64.7 Å². The molecule has 0 aliphatic heterocycles. The van der Waals surface area contributed by atoms with Crippen LogP contribution < -0.4 is 5.73 Å². The highest BCUT2D eigenvalue weighted by Crippen LogP contribution is 2.29. The van der Waals surface area contributed by atoms with Gasteiger partial charge in [-0.3, -0.25) is 4.98 Å². The Labute approximate surface area is 96.1 Å². The van der Waals surface area contributed by atoms with Crippen LogP contribution in [0.25, 0.3) is 22.0 Å². The number of aromatic nitrogens is 3. The van der Waals surface area contributed by atoms with Crippen LogP contribution in [0.3, 0.4) is 0 Å². The molecule has 0 saturated carbocycles. The smallest absolute Gasteiger partial charge is 0.165 e. The quantitative estimate of drug-likeness (QED) is 0.694. The number of benzene rings is 1. The van der Waals surface area contributed by atoms with E-state index in [0.29, 0.717) is 11.5 Å². The first-order chi connectivity index (χ1) is 7.86. The summed E-state index contributed by atoms with van der Waals surface area (Å²) in [5.74, 6) is 0.461. The van der Waals surface area contributed by atoms with E-state index >= 15 is 0 Å². The minimum atomic E-state index is 0.461. The van der Waals surface area contributed by atoms with Crippen molar-refractivity contribution in [1.82, 2.24) is 13.7 Å². The number of fused-ring (bicyclic) bond motifs is 1. The fourth-order valence-electron chi connectivity index (χ4n) is 1.69. The Hall–Kier alpha value is -2.01. The maximum Gasteiger partial charge on any atom is 0.165 e. The number of pyridine rings is 1. The lowest BCUT2D eigenvalue weighted by Crippen LogP contribution is -1.90. The van der Waals surface area contributed by atoms with Crippen LogP contribution in [0, 0.1) is 0 Å². The SMILES string of the molecule is Nc1nsnc1-c1cncc2ccccc12. The zero-order valence-electron chi connectivity index (χ0n) is 8.29. The number of anilines is 1. The Morgan fingerprint density at radius 1 is 1.06 bits per heavy atom. The van der Waals surface area contributed by atoms with Gasteiger partial charge >= 0.3 is 0 Å². The van der Waals surface area contributed by atoms with E-state index < -0.39 is 0 Å². The molecule has 0 aliphatic carbocycles. The Morgan fingerprint density at radius 3 is 2.75 bits per heavy atom. The van der Waals surface area contributed by atoms with Gasteiger partial charge in [-0.25, -0.2) is 0 Å². The first kappa shape index (κ1) is 9.23. The second kappa shape index (κ2) is 3.53. The minimum Gasteiger partial charge on any atom is -0.381 e. The summed E-state index contributed by atoms with van der Waals surface area (Å²) in [6.45, 7) is 0. The molecule has 0 bridgehead atoms. The molecule has 5 heteroatoms. The molecule has 2 aromatic heterocycles. The zero-order chi connectivity index (χ0) is 11.0. The summed E-state index contributed by atoms with van der Waals surface area (Å²) in [7, 11) is 0. The van der Waals surface area contributed by atoms with Crippen LogP contribution in [0.4, 0.5) is 5.82 Å². The third-order valence-electron chi connectivity index (χ3n) is 2.44. The van der Waals surface area contributed by atoms with E-state index in [2.05, 4.69) is 13.7 Å². The van der Waals surface area contributed by atoms with E-state index in [0.717, 1.165) is 28.1 Å². The van der Waals surface area contributed by atoms with Gasteiger partial charge < -0.3 is 5.73 Å². The molecule has 2 N–H and O–H groups in total. The van der Waals surface area contributed by atoms with Crippen molar-refractivity contribution in [3.05, 3.63) is 36.7 Å². The van der Waals surface area contributed by atoms with Gasteiger partial charge in [-0.2, -0.15) is 8.75 Å². The molecule has 0 aliphatic rings. The highest BCUT2D eigenvalue weighted by Gasteiger charge is 2.10. The van der Waals surface area contributed by atoms with Crippen LogP contribution in [-0.2, 0) is 0 Å². The lowest BCUT2D eigenvalue weighted by Gasteiger charge is -2.02. The normalized spacial score (nSPS) is 10.8. The van der Waals surface area contributed by atoms with Crippen molar-refractivity contribution < 1.29 is 0 Å². The molecule has 0 amide bonds. The van der Waals surface area contributed by atoms with Crippen LogP contribution >= 0.6 is 11.7 Å². The molecule has 3 rings (SSSR count). The van der Waals surface area contributed by atoms with Crippen LogP contribution in [0.1, 0.15) is 0 Å². The Kier molecular flexibility index (Phi) is 2.04. The van der Waals surface area contributed by atoms with E-state index in [4.69, 9.17) is 5.73 Å². The first-order valence-electron chi connectivity index (χ1n) is 4.77. The lowest BCUT2D eigenvalue weighted by atomic mass is 10.1. The van der Waals surface area contributed by atoms with Gasteiger partial charge in [0.1, 0.15) is 5.69 Å².